The lowest BCUT2D eigenvalue weighted by Gasteiger charge is -2.17. The number of oxazole rings is 1. The third-order valence-corrected chi connectivity index (χ3v) is 3.24. The Morgan fingerprint density at radius 1 is 1.14 bits per heavy atom. The van der Waals surface area contributed by atoms with Crippen LogP contribution in [0.2, 0.25) is 0 Å². The van der Waals surface area contributed by atoms with Gasteiger partial charge in [-0.25, -0.2) is 4.98 Å². The van der Waals surface area contributed by atoms with Crippen molar-refractivity contribution >= 4 is 22.8 Å². The third-order valence-electron chi connectivity index (χ3n) is 3.24. The molecule has 0 bridgehead atoms. The molecule has 0 spiro atoms. The summed E-state index contributed by atoms with van der Waals surface area (Å²) in [6.45, 7) is 5.63. The Balaban J connectivity index is 1.83. The van der Waals surface area contributed by atoms with E-state index in [1.54, 1.807) is 6.20 Å². The van der Waals surface area contributed by atoms with Crippen LogP contribution in [0.15, 0.2) is 47.0 Å². The summed E-state index contributed by atoms with van der Waals surface area (Å²) in [6.07, 6.45) is 1.68. The van der Waals surface area contributed by atoms with Crippen molar-refractivity contribution in [3.05, 3.63) is 42.6 Å². The van der Waals surface area contributed by atoms with Gasteiger partial charge in [-0.2, -0.15) is 4.98 Å². The Kier molecular flexibility index (Phi) is 3.41. The highest BCUT2D eigenvalue weighted by atomic mass is 16.3. The summed E-state index contributed by atoms with van der Waals surface area (Å²) in [5.74, 6) is 0.494. The largest absolute Gasteiger partial charge is 0.434 e. The summed E-state index contributed by atoms with van der Waals surface area (Å²) in [4.78, 5) is 20.5. The van der Waals surface area contributed by atoms with Crippen molar-refractivity contribution in [2.24, 2.45) is 5.41 Å². The summed E-state index contributed by atoms with van der Waals surface area (Å²) < 4.78 is 5.67. The van der Waals surface area contributed by atoms with E-state index >= 15 is 0 Å². The molecule has 2 aromatic heterocycles. The number of benzene rings is 1. The van der Waals surface area contributed by atoms with Gasteiger partial charge in [0.1, 0.15) is 0 Å². The number of fused-ring (bicyclic) bond motifs is 1. The number of hydrogen-bond donors (Lipinski definition) is 1. The molecule has 0 aliphatic rings. The molecule has 0 atom stereocenters. The lowest BCUT2D eigenvalue weighted by atomic mass is 9.95. The van der Waals surface area contributed by atoms with Gasteiger partial charge in [0.15, 0.2) is 11.2 Å². The highest BCUT2D eigenvalue weighted by Gasteiger charge is 2.21. The molecule has 3 aromatic rings. The summed E-state index contributed by atoms with van der Waals surface area (Å²) >= 11 is 0. The quantitative estimate of drug-likeness (QED) is 0.779. The van der Waals surface area contributed by atoms with Gasteiger partial charge in [0, 0.05) is 22.9 Å². The summed E-state index contributed by atoms with van der Waals surface area (Å²) in [6, 6.07) is 11.0. The van der Waals surface area contributed by atoms with Gasteiger partial charge in [0.05, 0.1) is 0 Å². The molecule has 0 fully saturated rings. The van der Waals surface area contributed by atoms with E-state index in [2.05, 4.69) is 15.3 Å². The molecule has 112 valence electrons. The number of carbonyl (C=O) groups excluding carboxylic acids is 1. The molecule has 1 N–H and O–H groups in total. The summed E-state index contributed by atoms with van der Waals surface area (Å²) in [5.41, 5.74) is 2.40. The van der Waals surface area contributed by atoms with Crippen LogP contribution in [0.5, 0.6) is 0 Å². The van der Waals surface area contributed by atoms with E-state index in [9.17, 15) is 4.79 Å². The molecular weight excluding hydrogens is 278 g/mol. The van der Waals surface area contributed by atoms with Crippen molar-refractivity contribution in [3.63, 3.8) is 0 Å². The fraction of sp³-hybridized carbons (Fsp3) is 0.235. The van der Waals surface area contributed by atoms with Crippen LogP contribution in [0.25, 0.3) is 22.7 Å². The van der Waals surface area contributed by atoms with Crippen molar-refractivity contribution < 1.29 is 9.21 Å². The minimum absolute atomic E-state index is 0.0219. The van der Waals surface area contributed by atoms with E-state index in [-0.39, 0.29) is 5.91 Å². The average Bonchev–Trinajstić information content (AvgIpc) is 2.91. The Hall–Kier alpha value is -2.69. The molecule has 22 heavy (non-hydrogen) atoms. The molecule has 1 amide bonds. The van der Waals surface area contributed by atoms with E-state index in [0.717, 1.165) is 11.3 Å². The van der Waals surface area contributed by atoms with E-state index in [0.29, 0.717) is 17.1 Å². The van der Waals surface area contributed by atoms with Gasteiger partial charge in [-0.1, -0.05) is 20.8 Å². The third kappa shape index (κ3) is 2.83. The summed E-state index contributed by atoms with van der Waals surface area (Å²) in [7, 11) is 0. The molecule has 0 aliphatic heterocycles. The first kappa shape index (κ1) is 14.3. The van der Waals surface area contributed by atoms with Gasteiger partial charge in [0.2, 0.25) is 11.8 Å². The van der Waals surface area contributed by atoms with Crippen molar-refractivity contribution in [3.8, 4) is 11.5 Å². The van der Waals surface area contributed by atoms with Crippen LogP contribution >= 0.6 is 0 Å². The van der Waals surface area contributed by atoms with Crippen molar-refractivity contribution in [2.75, 3.05) is 5.32 Å². The second kappa shape index (κ2) is 5.26. The standard InChI is InChI=1S/C17H17N3O2/c1-17(2,3)16(21)19-12-8-6-11(7-9-12)15-20-14-13(22-15)5-4-10-18-14/h4-10H,1-3H3,(H,19,21). The first-order valence-corrected chi connectivity index (χ1v) is 7.07. The Morgan fingerprint density at radius 3 is 2.50 bits per heavy atom. The highest BCUT2D eigenvalue weighted by Crippen LogP contribution is 2.25. The minimum atomic E-state index is -0.426. The van der Waals surface area contributed by atoms with Crippen molar-refractivity contribution in [2.45, 2.75) is 20.8 Å². The molecule has 5 heteroatoms. The van der Waals surface area contributed by atoms with E-state index in [1.165, 1.54) is 0 Å². The highest BCUT2D eigenvalue weighted by molar-refractivity contribution is 5.94. The number of nitrogens with one attached hydrogen (secondary N) is 1. The first-order valence-electron chi connectivity index (χ1n) is 7.07. The number of pyridine rings is 1. The predicted octanol–water partition coefficient (Wildman–Crippen LogP) is 3.87. The average molecular weight is 295 g/mol. The SMILES string of the molecule is CC(C)(C)C(=O)Nc1ccc(-c2nc3ncccc3o2)cc1. The van der Waals surface area contributed by atoms with Gasteiger partial charge in [-0.15, -0.1) is 0 Å². The molecule has 0 aliphatic carbocycles. The molecule has 0 radical (unpaired) electrons. The zero-order valence-electron chi connectivity index (χ0n) is 12.8. The molecule has 3 rings (SSSR count). The molecule has 0 unspecified atom stereocenters. The van der Waals surface area contributed by atoms with Gasteiger partial charge in [-0.05, 0) is 36.4 Å². The number of anilines is 1. The maximum absolute atomic E-state index is 12.0. The van der Waals surface area contributed by atoms with Gasteiger partial charge in [0.25, 0.3) is 0 Å². The molecule has 0 saturated carbocycles. The van der Waals surface area contributed by atoms with Crippen molar-refractivity contribution in [1.29, 1.82) is 0 Å². The molecular formula is C17H17N3O2. The smallest absolute Gasteiger partial charge is 0.229 e. The van der Waals surface area contributed by atoms with Crippen LogP contribution in [-0.4, -0.2) is 15.9 Å². The zero-order valence-corrected chi connectivity index (χ0v) is 12.8. The second-order valence-electron chi connectivity index (χ2n) is 6.13. The maximum Gasteiger partial charge on any atom is 0.229 e. The number of nitrogens with zero attached hydrogens (tertiary/aromatic N) is 2. The summed E-state index contributed by atoms with van der Waals surface area (Å²) in [5, 5.41) is 2.88. The van der Waals surface area contributed by atoms with Gasteiger partial charge in [-0.3, -0.25) is 4.79 Å². The van der Waals surface area contributed by atoms with E-state index < -0.39 is 5.41 Å². The number of rotatable bonds is 2. The van der Waals surface area contributed by atoms with E-state index in [1.807, 2.05) is 57.2 Å². The van der Waals surface area contributed by atoms with Crippen LogP contribution < -0.4 is 5.32 Å². The Bertz CT molecular complexity index is 781. The van der Waals surface area contributed by atoms with E-state index in [4.69, 9.17) is 4.42 Å². The Morgan fingerprint density at radius 2 is 1.86 bits per heavy atom. The fourth-order valence-corrected chi connectivity index (χ4v) is 1.91. The van der Waals surface area contributed by atoms with Crippen LogP contribution in [0.1, 0.15) is 20.8 Å². The van der Waals surface area contributed by atoms with Crippen molar-refractivity contribution in [1.82, 2.24) is 9.97 Å². The van der Waals surface area contributed by atoms with Gasteiger partial charge < -0.3 is 9.73 Å². The lowest BCUT2D eigenvalue weighted by molar-refractivity contribution is -0.123. The number of amides is 1. The second-order valence-corrected chi connectivity index (χ2v) is 6.13. The molecule has 0 saturated heterocycles. The Labute approximate surface area is 128 Å². The topological polar surface area (TPSA) is 68.0 Å². The molecule has 1 aromatic carbocycles. The monoisotopic (exact) mass is 295 g/mol. The number of carbonyl (C=O) groups is 1. The van der Waals surface area contributed by atoms with Crippen LogP contribution in [0.3, 0.4) is 0 Å². The van der Waals surface area contributed by atoms with Gasteiger partial charge >= 0.3 is 0 Å². The number of hydrogen-bond acceptors (Lipinski definition) is 4. The number of aromatic nitrogens is 2. The van der Waals surface area contributed by atoms with Crippen LogP contribution in [0.4, 0.5) is 5.69 Å². The normalized spacial score (nSPS) is 11.6. The predicted molar refractivity (Wildman–Crippen MR) is 85.3 cm³/mol. The maximum atomic E-state index is 12.0. The van der Waals surface area contributed by atoms with Crippen LogP contribution in [-0.2, 0) is 4.79 Å². The molecule has 2 heterocycles. The lowest BCUT2D eigenvalue weighted by Crippen LogP contribution is -2.27. The van der Waals surface area contributed by atoms with Crippen LogP contribution in [0, 0.1) is 5.41 Å². The minimum Gasteiger partial charge on any atom is -0.434 e. The fourth-order valence-electron chi connectivity index (χ4n) is 1.91. The first-order chi connectivity index (χ1) is 10.4. The zero-order chi connectivity index (χ0) is 15.7. The molecule has 5 nitrogen and oxygen atoms in total.